The lowest BCUT2D eigenvalue weighted by Crippen LogP contribution is -1.82. The highest BCUT2D eigenvalue weighted by molar-refractivity contribution is 4.83. The molecule has 0 amide bonds. The van der Waals surface area contributed by atoms with Crippen molar-refractivity contribution in [1.29, 1.82) is 0 Å². The largest absolute Gasteiger partial charge is 0.473 e. The van der Waals surface area contributed by atoms with E-state index in [0.717, 1.165) is 38.9 Å². The Morgan fingerprint density at radius 2 is 1.40 bits per heavy atom. The smallest absolute Gasteiger partial charge is 0.0861 e. The fourth-order valence-electron chi connectivity index (χ4n) is 1.33. The Balaban J connectivity index is 1.38. The second-order valence-electron chi connectivity index (χ2n) is 3.95. The number of hydrogen-bond donors (Lipinski definition) is 0. The fraction of sp³-hybridized carbons (Fsp3) is 0.667. The molecule has 2 aliphatic rings. The molecule has 2 fully saturated rings. The Bertz CT molecular complexity index is 203. The monoisotopic (exact) mass is 210 g/mol. The van der Waals surface area contributed by atoms with E-state index in [1.807, 2.05) is 12.2 Å². The van der Waals surface area contributed by atoms with Crippen LogP contribution in [0.4, 0.5) is 0 Å². The van der Waals surface area contributed by atoms with Crippen molar-refractivity contribution in [1.82, 2.24) is 0 Å². The van der Waals surface area contributed by atoms with Gasteiger partial charge in [-0.05, 0) is 37.8 Å². The van der Waals surface area contributed by atoms with Gasteiger partial charge in [0.25, 0.3) is 0 Å². The molecule has 0 N–H and O–H groups in total. The lowest BCUT2D eigenvalue weighted by atomic mass is 10.2. The maximum absolute atomic E-state index is 5.20. The average molecular weight is 210 g/mol. The summed E-state index contributed by atoms with van der Waals surface area (Å²) in [6.07, 6.45) is 12.9. The van der Waals surface area contributed by atoms with Gasteiger partial charge in [-0.1, -0.05) is 0 Å². The molecular weight excluding hydrogens is 192 g/mol. The first-order valence-electron chi connectivity index (χ1n) is 5.64. The summed E-state index contributed by atoms with van der Waals surface area (Å²) >= 11 is 0. The minimum atomic E-state index is 0.517. The first-order chi connectivity index (χ1) is 7.45. The molecule has 0 spiro atoms. The van der Waals surface area contributed by atoms with Crippen molar-refractivity contribution in [2.45, 2.75) is 37.9 Å². The Morgan fingerprint density at radius 1 is 0.933 bits per heavy atom. The molecule has 0 aliphatic carbocycles. The third kappa shape index (κ3) is 5.60. The van der Waals surface area contributed by atoms with Crippen LogP contribution in [-0.2, 0) is 14.2 Å². The number of allylic oxidation sites excluding steroid dienone is 2. The van der Waals surface area contributed by atoms with Gasteiger partial charge in [0.15, 0.2) is 0 Å². The zero-order chi connectivity index (χ0) is 10.3. The van der Waals surface area contributed by atoms with E-state index in [9.17, 15) is 0 Å². The van der Waals surface area contributed by atoms with Crippen LogP contribution < -0.4 is 0 Å². The minimum Gasteiger partial charge on any atom is -0.473 e. The van der Waals surface area contributed by atoms with Crippen molar-refractivity contribution in [3.63, 3.8) is 0 Å². The zero-order valence-electron chi connectivity index (χ0n) is 8.93. The summed E-state index contributed by atoms with van der Waals surface area (Å²) in [4.78, 5) is 0. The fourth-order valence-corrected chi connectivity index (χ4v) is 1.33. The van der Waals surface area contributed by atoms with Gasteiger partial charge >= 0.3 is 0 Å². The van der Waals surface area contributed by atoms with Crippen molar-refractivity contribution < 1.29 is 14.2 Å². The van der Waals surface area contributed by atoms with Gasteiger partial charge < -0.3 is 14.2 Å². The van der Waals surface area contributed by atoms with Crippen LogP contribution in [0.1, 0.15) is 25.7 Å². The normalized spacial score (nSPS) is 28.8. The highest BCUT2D eigenvalue weighted by atomic mass is 16.6. The Labute approximate surface area is 90.7 Å². The number of rotatable bonds is 8. The molecule has 0 radical (unpaired) electrons. The first-order valence-corrected chi connectivity index (χ1v) is 5.64. The highest BCUT2D eigenvalue weighted by Crippen LogP contribution is 2.16. The predicted molar refractivity (Wildman–Crippen MR) is 57.3 cm³/mol. The Morgan fingerprint density at radius 3 is 1.80 bits per heavy atom. The third-order valence-corrected chi connectivity index (χ3v) is 2.46. The lowest BCUT2D eigenvalue weighted by molar-refractivity contribution is 0.385. The molecule has 0 aromatic heterocycles. The van der Waals surface area contributed by atoms with Gasteiger partial charge in [-0.3, -0.25) is 0 Å². The molecule has 2 heterocycles. The molecule has 3 heteroatoms. The SMILES string of the molecule is C(=COC=CCCC1CO1)CCC1CO1. The molecular formula is C12H18O3. The van der Waals surface area contributed by atoms with Crippen LogP contribution in [0.2, 0.25) is 0 Å². The van der Waals surface area contributed by atoms with Crippen LogP contribution in [-0.4, -0.2) is 25.4 Å². The summed E-state index contributed by atoms with van der Waals surface area (Å²) in [7, 11) is 0. The molecule has 2 rings (SSSR count). The van der Waals surface area contributed by atoms with E-state index in [-0.39, 0.29) is 0 Å². The minimum absolute atomic E-state index is 0.517. The van der Waals surface area contributed by atoms with Crippen LogP contribution >= 0.6 is 0 Å². The second-order valence-corrected chi connectivity index (χ2v) is 3.95. The third-order valence-electron chi connectivity index (χ3n) is 2.46. The summed E-state index contributed by atoms with van der Waals surface area (Å²) in [5.74, 6) is 0. The first kappa shape index (κ1) is 10.7. The van der Waals surface area contributed by atoms with Crippen LogP contribution in [0.25, 0.3) is 0 Å². The van der Waals surface area contributed by atoms with Gasteiger partial charge in [-0.15, -0.1) is 0 Å². The summed E-state index contributed by atoms with van der Waals surface area (Å²) < 4.78 is 15.4. The molecule has 2 aliphatic heterocycles. The van der Waals surface area contributed by atoms with Gasteiger partial charge in [-0.2, -0.15) is 0 Å². The summed E-state index contributed by atoms with van der Waals surface area (Å²) in [5.41, 5.74) is 0. The van der Waals surface area contributed by atoms with Crippen LogP contribution in [0.5, 0.6) is 0 Å². The maximum Gasteiger partial charge on any atom is 0.0861 e. The second kappa shape index (κ2) is 5.93. The van der Waals surface area contributed by atoms with Crippen molar-refractivity contribution in [3.05, 3.63) is 24.7 Å². The maximum atomic E-state index is 5.20. The lowest BCUT2D eigenvalue weighted by Gasteiger charge is -1.91. The molecule has 84 valence electrons. The molecule has 0 saturated carbocycles. The molecule has 0 bridgehead atoms. The molecule has 2 unspecified atom stereocenters. The summed E-state index contributed by atoms with van der Waals surface area (Å²) in [6.45, 7) is 1.88. The molecule has 0 aromatic rings. The van der Waals surface area contributed by atoms with Gasteiger partial charge in [-0.25, -0.2) is 0 Å². The molecule has 15 heavy (non-hydrogen) atoms. The van der Waals surface area contributed by atoms with Crippen molar-refractivity contribution in [2.75, 3.05) is 13.2 Å². The van der Waals surface area contributed by atoms with E-state index in [2.05, 4.69) is 0 Å². The van der Waals surface area contributed by atoms with E-state index in [4.69, 9.17) is 14.2 Å². The van der Waals surface area contributed by atoms with Crippen LogP contribution in [0.3, 0.4) is 0 Å². The van der Waals surface area contributed by atoms with E-state index >= 15 is 0 Å². The quantitative estimate of drug-likeness (QED) is 0.455. The van der Waals surface area contributed by atoms with Crippen LogP contribution in [0.15, 0.2) is 24.7 Å². The van der Waals surface area contributed by atoms with E-state index in [0.29, 0.717) is 12.2 Å². The van der Waals surface area contributed by atoms with Crippen molar-refractivity contribution in [2.24, 2.45) is 0 Å². The van der Waals surface area contributed by atoms with Crippen molar-refractivity contribution >= 4 is 0 Å². The molecule has 2 atom stereocenters. The van der Waals surface area contributed by atoms with Gasteiger partial charge in [0.1, 0.15) is 0 Å². The molecule has 0 aromatic carbocycles. The summed E-state index contributed by atoms with van der Waals surface area (Å²) in [6, 6.07) is 0. The Hall–Kier alpha value is -0.800. The zero-order valence-corrected chi connectivity index (χ0v) is 8.93. The molecule has 2 saturated heterocycles. The average Bonchev–Trinajstić information content (AvgIpc) is 3.10. The van der Waals surface area contributed by atoms with E-state index < -0.39 is 0 Å². The van der Waals surface area contributed by atoms with E-state index in [1.54, 1.807) is 12.5 Å². The highest BCUT2D eigenvalue weighted by Gasteiger charge is 2.20. The predicted octanol–water partition coefficient (Wildman–Crippen LogP) is 2.39. The van der Waals surface area contributed by atoms with Gasteiger partial charge in [0.2, 0.25) is 0 Å². The van der Waals surface area contributed by atoms with Crippen LogP contribution in [0, 0.1) is 0 Å². The summed E-state index contributed by atoms with van der Waals surface area (Å²) in [5, 5.41) is 0. The number of hydrogen-bond acceptors (Lipinski definition) is 3. The standard InChI is InChI=1S/C12H18O3/c1(5-11-9-14-11)3-7-13-8-4-2-6-12-10-15-12/h3-4,7-8,11-12H,1-2,5-6,9-10H2. The van der Waals surface area contributed by atoms with Crippen molar-refractivity contribution in [3.8, 4) is 0 Å². The van der Waals surface area contributed by atoms with Gasteiger partial charge in [0, 0.05) is 0 Å². The van der Waals surface area contributed by atoms with E-state index in [1.165, 1.54) is 0 Å². The van der Waals surface area contributed by atoms with Gasteiger partial charge in [0.05, 0.1) is 37.9 Å². The topological polar surface area (TPSA) is 34.3 Å². The number of epoxide rings is 2. The Kier molecular flexibility index (Phi) is 4.23. The number of ether oxygens (including phenoxy) is 3. The molecule has 3 nitrogen and oxygen atoms in total.